The van der Waals surface area contributed by atoms with Gasteiger partial charge >= 0.3 is 0 Å². The maximum absolute atomic E-state index is 11.5. The maximum atomic E-state index is 11.5. The Kier molecular flexibility index (Phi) is 3.73. The molecule has 3 rings (SSSR count). The van der Waals surface area contributed by atoms with Gasteiger partial charge in [-0.1, -0.05) is 0 Å². The Morgan fingerprint density at radius 3 is 2.65 bits per heavy atom. The van der Waals surface area contributed by atoms with Gasteiger partial charge in [0.15, 0.2) is 9.84 Å². The number of hydrogen-bond donors (Lipinski definition) is 0. The van der Waals surface area contributed by atoms with Crippen LogP contribution in [0.25, 0.3) is 0 Å². The lowest BCUT2D eigenvalue weighted by Gasteiger charge is -2.42. The van der Waals surface area contributed by atoms with Crippen LogP contribution in [0.5, 0.6) is 0 Å². The van der Waals surface area contributed by atoms with Crippen LogP contribution in [0.15, 0.2) is 29.2 Å². The second-order valence-corrected chi connectivity index (χ2v) is 7.83. The number of anilines is 1. The molecule has 2 fully saturated rings. The van der Waals surface area contributed by atoms with E-state index in [1.165, 1.54) is 12.7 Å². The van der Waals surface area contributed by atoms with Crippen molar-refractivity contribution in [2.45, 2.75) is 30.3 Å². The van der Waals surface area contributed by atoms with Crippen molar-refractivity contribution < 1.29 is 13.2 Å². The van der Waals surface area contributed by atoms with Gasteiger partial charge in [-0.2, -0.15) is 0 Å². The lowest BCUT2D eigenvalue weighted by molar-refractivity contribution is -0.0357. The molecule has 1 aromatic rings. The maximum Gasteiger partial charge on any atom is 0.175 e. The minimum absolute atomic E-state index is 0.386. The molecular weight excluding hydrogens is 274 g/mol. The minimum Gasteiger partial charge on any atom is -0.378 e. The normalized spacial score (nSPS) is 27.1. The van der Waals surface area contributed by atoms with Crippen molar-refractivity contribution in [3.63, 3.8) is 0 Å². The van der Waals surface area contributed by atoms with E-state index in [1.807, 2.05) is 12.1 Å². The molecule has 0 aliphatic carbocycles. The van der Waals surface area contributed by atoms with Crippen LogP contribution in [-0.2, 0) is 14.6 Å². The summed E-state index contributed by atoms with van der Waals surface area (Å²) in [6.07, 6.45) is 5.13. The first kappa shape index (κ1) is 13.9. The van der Waals surface area contributed by atoms with E-state index < -0.39 is 9.84 Å². The van der Waals surface area contributed by atoms with E-state index in [0.717, 1.165) is 38.2 Å². The fourth-order valence-electron chi connectivity index (χ4n) is 3.23. The summed E-state index contributed by atoms with van der Waals surface area (Å²) in [6.45, 7) is 2.91. The zero-order valence-corrected chi connectivity index (χ0v) is 12.6. The largest absolute Gasteiger partial charge is 0.378 e. The Balaban J connectivity index is 1.73. The van der Waals surface area contributed by atoms with E-state index in [9.17, 15) is 8.42 Å². The molecule has 0 aromatic heterocycles. The summed E-state index contributed by atoms with van der Waals surface area (Å²) in [7, 11) is -3.11. The Bertz CT molecular complexity index is 567. The van der Waals surface area contributed by atoms with Crippen LogP contribution in [0.1, 0.15) is 19.3 Å². The first-order valence-corrected chi connectivity index (χ1v) is 9.10. The summed E-state index contributed by atoms with van der Waals surface area (Å²) in [6, 6.07) is 7.24. The topological polar surface area (TPSA) is 46.6 Å². The molecule has 0 bridgehead atoms. The minimum atomic E-state index is -3.11. The van der Waals surface area contributed by atoms with Gasteiger partial charge in [-0.25, -0.2) is 8.42 Å². The van der Waals surface area contributed by atoms with E-state index in [4.69, 9.17) is 4.74 Å². The molecule has 2 aliphatic heterocycles. The van der Waals surface area contributed by atoms with Crippen molar-refractivity contribution in [3.05, 3.63) is 24.3 Å². The fraction of sp³-hybridized carbons (Fsp3) is 0.600. The number of sulfone groups is 1. The number of piperidine rings is 1. The summed E-state index contributed by atoms with van der Waals surface area (Å²) in [5, 5.41) is 0. The second-order valence-electron chi connectivity index (χ2n) is 5.81. The molecule has 5 heteroatoms. The van der Waals surface area contributed by atoms with Crippen molar-refractivity contribution in [2.75, 3.05) is 30.9 Å². The van der Waals surface area contributed by atoms with Gasteiger partial charge in [-0.15, -0.1) is 0 Å². The van der Waals surface area contributed by atoms with Crippen LogP contribution >= 0.6 is 0 Å². The van der Waals surface area contributed by atoms with Gasteiger partial charge in [-0.05, 0) is 43.5 Å². The first-order chi connectivity index (χ1) is 9.54. The van der Waals surface area contributed by atoms with E-state index in [0.29, 0.717) is 16.9 Å². The molecule has 0 amide bonds. The molecule has 4 nitrogen and oxygen atoms in total. The quantitative estimate of drug-likeness (QED) is 0.838. The van der Waals surface area contributed by atoms with Gasteiger partial charge in [0.2, 0.25) is 0 Å². The van der Waals surface area contributed by atoms with E-state index in [1.54, 1.807) is 12.1 Å². The summed E-state index contributed by atoms with van der Waals surface area (Å²) in [4.78, 5) is 2.74. The summed E-state index contributed by atoms with van der Waals surface area (Å²) in [5.74, 6) is 0.618. The van der Waals surface area contributed by atoms with Gasteiger partial charge in [0.05, 0.1) is 11.0 Å². The Hall–Kier alpha value is -1.07. The standard InChI is InChI=1S/C15H21NO3S/c1-20(17,18)14-6-4-13(5-7-14)16-9-8-15-12(11-16)3-2-10-19-15/h4-7,12,15H,2-3,8-11H2,1H3. The lowest BCUT2D eigenvalue weighted by atomic mass is 9.88. The molecule has 2 saturated heterocycles. The Labute approximate surface area is 120 Å². The molecule has 0 saturated carbocycles. The van der Waals surface area contributed by atoms with Gasteiger partial charge in [0.1, 0.15) is 0 Å². The molecule has 1 aromatic carbocycles. The fourth-order valence-corrected chi connectivity index (χ4v) is 3.86. The number of hydrogen-bond acceptors (Lipinski definition) is 4. The lowest BCUT2D eigenvalue weighted by Crippen LogP contribution is -2.46. The molecule has 2 unspecified atom stereocenters. The predicted molar refractivity (Wildman–Crippen MR) is 78.8 cm³/mol. The van der Waals surface area contributed by atoms with Crippen LogP contribution in [0.4, 0.5) is 5.69 Å². The van der Waals surface area contributed by atoms with Gasteiger partial charge in [0.25, 0.3) is 0 Å². The molecule has 110 valence electrons. The average molecular weight is 295 g/mol. The van der Waals surface area contributed by atoms with E-state index in [-0.39, 0.29) is 0 Å². The smallest absolute Gasteiger partial charge is 0.175 e. The monoisotopic (exact) mass is 295 g/mol. The average Bonchev–Trinajstić information content (AvgIpc) is 2.46. The molecule has 2 heterocycles. The summed E-state index contributed by atoms with van der Waals surface area (Å²) < 4.78 is 28.8. The van der Waals surface area contributed by atoms with Crippen molar-refractivity contribution in [3.8, 4) is 0 Å². The van der Waals surface area contributed by atoms with Crippen molar-refractivity contribution in [1.29, 1.82) is 0 Å². The zero-order valence-electron chi connectivity index (χ0n) is 11.8. The zero-order chi connectivity index (χ0) is 14.2. The van der Waals surface area contributed by atoms with Crippen LogP contribution < -0.4 is 4.90 Å². The van der Waals surface area contributed by atoms with Gasteiger partial charge < -0.3 is 9.64 Å². The third-order valence-corrected chi connectivity index (χ3v) is 5.47. The summed E-state index contributed by atoms with van der Waals surface area (Å²) >= 11 is 0. The highest BCUT2D eigenvalue weighted by molar-refractivity contribution is 7.90. The number of fused-ring (bicyclic) bond motifs is 1. The van der Waals surface area contributed by atoms with Crippen LogP contribution in [-0.4, -0.2) is 40.5 Å². The third kappa shape index (κ3) is 2.83. The van der Waals surface area contributed by atoms with Crippen LogP contribution in [0.2, 0.25) is 0 Å². The molecule has 0 spiro atoms. The van der Waals surface area contributed by atoms with Crippen molar-refractivity contribution in [1.82, 2.24) is 0 Å². The molecular formula is C15H21NO3S. The van der Waals surface area contributed by atoms with Crippen LogP contribution in [0.3, 0.4) is 0 Å². The predicted octanol–water partition coefficient (Wildman–Crippen LogP) is 2.10. The van der Waals surface area contributed by atoms with Crippen LogP contribution in [0, 0.1) is 5.92 Å². The third-order valence-electron chi connectivity index (χ3n) is 4.35. The highest BCUT2D eigenvalue weighted by Crippen LogP contribution is 2.31. The SMILES string of the molecule is CS(=O)(=O)c1ccc(N2CCC3OCCCC3C2)cc1. The molecule has 2 aliphatic rings. The summed E-state index contributed by atoms with van der Waals surface area (Å²) in [5.41, 5.74) is 1.11. The van der Waals surface area contributed by atoms with Gasteiger partial charge in [-0.3, -0.25) is 0 Å². The number of ether oxygens (including phenoxy) is 1. The molecule has 2 atom stereocenters. The van der Waals surface area contributed by atoms with E-state index in [2.05, 4.69) is 4.90 Å². The Morgan fingerprint density at radius 2 is 1.95 bits per heavy atom. The van der Waals surface area contributed by atoms with Crippen molar-refractivity contribution in [2.24, 2.45) is 5.92 Å². The number of nitrogens with zero attached hydrogens (tertiary/aromatic N) is 1. The molecule has 0 N–H and O–H groups in total. The second kappa shape index (κ2) is 5.37. The first-order valence-electron chi connectivity index (χ1n) is 7.21. The Morgan fingerprint density at radius 1 is 1.20 bits per heavy atom. The highest BCUT2D eigenvalue weighted by atomic mass is 32.2. The molecule has 0 radical (unpaired) electrons. The van der Waals surface area contributed by atoms with Gasteiger partial charge in [0, 0.05) is 37.6 Å². The highest BCUT2D eigenvalue weighted by Gasteiger charge is 2.32. The molecule has 20 heavy (non-hydrogen) atoms. The van der Waals surface area contributed by atoms with E-state index >= 15 is 0 Å². The number of rotatable bonds is 2. The number of benzene rings is 1. The van der Waals surface area contributed by atoms with Crippen molar-refractivity contribution >= 4 is 15.5 Å².